The fourth-order valence-corrected chi connectivity index (χ4v) is 2.05. The summed E-state index contributed by atoms with van der Waals surface area (Å²) < 4.78 is 0. The molecule has 72 valence electrons. The second kappa shape index (κ2) is 9.61. The highest BCUT2D eigenvalue weighted by Crippen LogP contribution is 2.12. The summed E-state index contributed by atoms with van der Waals surface area (Å²) in [6.07, 6.45) is 1.84. The monoisotopic (exact) mass is 246 g/mol. The first-order chi connectivity index (χ1) is 4.93. The van der Waals surface area contributed by atoms with E-state index in [4.69, 9.17) is 5.73 Å². The van der Waals surface area contributed by atoms with Gasteiger partial charge in [-0.25, -0.2) is 4.98 Å². The molecule has 0 saturated heterocycles. The molecule has 0 atom stereocenters. The molecular weight excluding hydrogens is 235 g/mol. The van der Waals surface area contributed by atoms with E-state index in [1.54, 1.807) is 11.3 Å². The van der Waals surface area contributed by atoms with Crippen molar-refractivity contribution in [3.63, 3.8) is 0 Å². The topological polar surface area (TPSA) is 38.9 Å². The quantitative estimate of drug-likeness (QED) is 0.829. The largest absolute Gasteiger partial charge is 0.330 e. The summed E-state index contributed by atoms with van der Waals surface area (Å²) in [6.45, 7) is 0.760. The summed E-state index contributed by atoms with van der Waals surface area (Å²) in [5.41, 5.74) is 5.33. The van der Waals surface area contributed by atoms with Crippen molar-refractivity contribution in [2.24, 2.45) is 5.73 Å². The number of nitrogens with two attached hydrogens (primary N) is 1. The van der Waals surface area contributed by atoms with E-state index in [9.17, 15) is 0 Å². The minimum atomic E-state index is 0. The maximum absolute atomic E-state index is 5.33. The zero-order valence-electron chi connectivity index (χ0n) is 6.43. The van der Waals surface area contributed by atoms with E-state index in [0.29, 0.717) is 0 Å². The Morgan fingerprint density at radius 2 is 2.25 bits per heavy atom. The van der Waals surface area contributed by atoms with Gasteiger partial charge in [-0.1, -0.05) is 0 Å². The van der Waals surface area contributed by atoms with E-state index in [2.05, 4.69) is 4.98 Å². The average molecular weight is 247 g/mol. The lowest BCUT2D eigenvalue weighted by atomic mass is 10.8. The van der Waals surface area contributed by atoms with Crippen molar-refractivity contribution in [2.75, 3.05) is 12.3 Å². The van der Waals surface area contributed by atoms with E-state index in [-0.39, 0.29) is 24.8 Å². The summed E-state index contributed by atoms with van der Waals surface area (Å²) in [7, 11) is 0. The molecule has 0 aromatic carbocycles. The van der Waals surface area contributed by atoms with Crippen LogP contribution in [0.1, 0.15) is 5.01 Å². The molecule has 0 spiro atoms. The predicted molar refractivity (Wildman–Crippen MR) is 61.8 cm³/mol. The van der Waals surface area contributed by atoms with Crippen molar-refractivity contribution in [3.05, 3.63) is 16.6 Å². The standard InChI is InChI=1S/C6H10N2S2.2ClH/c7-1-3-9-5-6-8-2-4-10-6;;/h2,4H,1,3,5,7H2;2*1H. The van der Waals surface area contributed by atoms with Crippen molar-refractivity contribution in [3.8, 4) is 0 Å². The van der Waals surface area contributed by atoms with Crippen molar-refractivity contribution >= 4 is 47.9 Å². The zero-order valence-corrected chi connectivity index (χ0v) is 9.70. The number of aromatic nitrogens is 1. The fraction of sp³-hybridized carbons (Fsp3) is 0.500. The Labute approximate surface area is 93.2 Å². The van der Waals surface area contributed by atoms with Gasteiger partial charge in [0, 0.05) is 29.6 Å². The van der Waals surface area contributed by atoms with Crippen LogP contribution >= 0.6 is 47.9 Å². The van der Waals surface area contributed by atoms with Crippen LogP contribution in [0.25, 0.3) is 0 Å². The molecule has 0 bridgehead atoms. The number of hydrogen-bond donors (Lipinski definition) is 1. The molecule has 0 aliphatic heterocycles. The van der Waals surface area contributed by atoms with Crippen LogP contribution in [0.2, 0.25) is 0 Å². The van der Waals surface area contributed by atoms with Gasteiger partial charge in [0.25, 0.3) is 0 Å². The molecule has 0 aliphatic carbocycles. The maximum Gasteiger partial charge on any atom is 0.102 e. The second-order valence-electron chi connectivity index (χ2n) is 1.77. The van der Waals surface area contributed by atoms with Crippen LogP contribution in [0.3, 0.4) is 0 Å². The van der Waals surface area contributed by atoms with Gasteiger partial charge in [0.1, 0.15) is 5.01 Å². The Morgan fingerprint density at radius 3 is 2.75 bits per heavy atom. The van der Waals surface area contributed by atoms with E-state index < -0.39 is 0 Å². The summed E-state index contributed by atoms with van der Waals surface area (Å²) in [4.78, 5) is 4.14. The molecule has 0 fully saturated rings. The van der Waals surface area contributed by atoms with E-state index >= 15 is 0 Å². The summed E-state index contributed by atoms with van der Waals surface area (Å²) in [5, 5.41) is 3.19. The number of halogens is 2. The van der Waals surface area contributed by atoms with Crippen LogP contribution < -0.4 is 5.73 Å². The first kappa shape index (κ1) is 15.0. The van der Waals surface area contributed by atoms with Gasteiger partial charge in [-0.2, -0.15) is 11.8 Å². The summed E-state index contributed by atoms with van der Waals surface area (Å²) >= 11 is 3.53. The maximum atomic E-state index is 5.33. The average Bonchev–Trinajstić information content (AvgIpc) is 2.41. The first-order valence-corrected chi connectivity index (χ1v) is 5.13. The normalized spacial score (nSPS) is 8.42. The van der Waals surface area contributed by atoms with E-state index in [1.807, 2.05) is 23.3 Å². The van der Waals surface area contributed by atoms with Gasteiger partial charge in [-0.15, -0.1) is 36.2 Å². The van der Waals surface area contributed by atoms with Gasteiger partial charge in [-0.3, -0.25) is 0 Å². The van der Waals surface area contributed by atoms with Crippen molar-refractivity contribution in [2.45, 2.75) is 5.75 Å². The van der Waals surface area contributed by atoms with E-state index in [1.165, 1.54) is 5.01 Å². The third kappa shape index (κ3) is 6.08. The predicted octanol–water partition coefficient (Wildman–Crippen LogP) is 2.18. The Hall–Kier alpha value is 0.520. The first-order valence-electron chi connectivity index (χ1n) is 3.09. The molecule has 1 rings (SSSR count). The molecule has 1 aromatic rings. The summed E-state index contributed by atoms with van der Waals surface area (Å²) in [6, 6.07) is 0. The number of rotatable bonds is 4. The minimum absolute atomic E-state index is 0. The van der Waals surface area contributed by atoms with Gasteiger partial charge in [-0.05, 0) is 0 Å². The van der Waals surface area contributed by atoms with Gasteiger partial charge in [0.15, 0.2) is 0 Å². The lowest BCUT2D eigenvalue weighted by Gasteiger charge is -1.93. The molecule has 2 N–H and O–H groups in total. The van der Waals surface area contributed by atoms with Gasteiger partial charge >= 0.3 is 0 Å². The van der Waals surface area contributed by atoms with Gasteiger partial charge < -0.3 is 5.73 Å². The molecule has 0 amide bonds. The highest BCUT2D eigenvalue weighted by atomic mass is 35.5. The summed E-state index contributed by atoms with van der Waals surface area (Å²) in [5.74, 6) is 2.04. The number of thiazole rings is 1. The molecule has 12 heavy (non-hydrogen) atoms. The molecule has 0 saturated carbocycles. The van der Waals surface area contributed by atoms with Crippen LogP contribution in [-0.4, -0.2) is 17.3 Å². The lowest BCUT2D eigenvalue weighted by molar-refractivity contribution is 1.14. The Bertz CT molecular complexity index is 170. The number of nitrogens with zero attached hydrogens (tertiary/aromatic N) is 1. The van der Waals surface area contributed by atoms with Crippen molar-refractivity contribution < 1.29 is 0 Å². The molecule has 0 radical (unpaired) electrons. The Balaban J connectivity index is 0. The van der Waals surface area contributed by atoms with Crippen LogP contribution in [0.5, 0.6) is 0 Å². The molecule has 1 aromatic heterocycles. The van der Waals surface area contributed by atoms with E-state index in [0.717, 1.165) is 18.1 Å². The Morgan fingerprint density at radius 1 is 1.50 bits per heavy atom. The lowest BCUT2D eigenvalue weighted by Crippen LogP contribution is -2.01. The number of thioether (sulfide) groups is 1. The van der Waals surface area contributed by atoms with Crippen molar-refractivity contribution in [1.29, 1.82) is 0 Å². The molecule has 0 aliphatic rings. The zero-order chi connectivity index (χ0) is 7.23. The van der Waals surface area contributed by atoms with Gasteiger partial charge in [0.05, 0.1) is 0 Å². The third-order valence-electron chi connectivity index (χ3n) is 0.971. The second-order valence-corrected chi connectivity index (χ2v) is 3.85. The fourth-order valence-electron chi connectivity index (χ4n) is 0.567. The third-order valence-corrected chi connectivity index (χ3v) is 2.94. The smallest absolute Gasteiger partial charge is 0.102 e. The highest BCUT2D eigenvalue weighted by molar-refractivity contribution is 7.98. The van der Waals surface area contributed by atoms with Crippen LogP contribution in [0.4, 0.5) is 0 Å². The van der Waals surface area contributed by atoms with Gasteiger partial charge in [0.2, 0.25) is 0 Å². The molecule has 1 heterocycles. The Kier molecular flexibility index (Phi) is 12.0. The molecule has 2 nitrogen and oxygen atoms in total. The van der Waals surface area contributed by atoms with Crippen molar-refractivity contribution in [1.82, 2.24) is 4.98 Å². The molecular formula is C6H12Cl2N2S2. The highest BCUT2D eigenvalue weighted by Gasteiger charge is 1.93. The SMILES string of the molecule is Cl.Cl.NCCSCc1nccs1. The number of hydrogen-bond acceptors (Lipinski definition) is 4. The van der Waals surface area contributed by atoms with Crippen LogP contribution in [0.15, 0.2) is 11.6 Å². The minimum Gasteiger partial charge on any atom is -0.330 e. The van der Waals surface area contributed by atoms with Crippen LogP contribution in [-0.2, 0) is 5.75 Å². The molecule has 0 unspecified atom stereocenters. The molecule has 6 heteroatoms. The van der Waals surface area contributed by atoms with Crippen LogP contribution in [0, 0.1) is 0 Å².